The molecule has 1 rings (SSSR count). The van der Waals surface area contributed by atoms with Crippen molar-refractivity contribution in [3.05, 3.63) is 0 Å². The Morgan fingerprint density at radius 3 is 2.23 bits per heavy atom. The standard InChI is InChI=1S/C9H17NO2.ClH/c1-7(2)12-8(11)9(10)5-3-4-6-9;/h7H,3-6,10H2,1-2H3;1H. The van der Waals surface area contributed by atoms with Gasteiger partial charge in [-0.3, -0.25) is 4.79 Å². The Balaban J connectivity index is 0.00000144. The van der Waals surface area contributed by atoms with Crippen LogP contribution in [0.2, 0.25) is 0 Å². The fourth-order valence-corrected chi connectivity index (χ4v) is 1.54. The van der Waals surface area contributed by atoms with Crippen LogP contribution in [0, 0.1) is 0 Å². The van der Waals surface area contributed by atoms with Gasteiger partial charge in [-0.1, -0.05) is 12.8 Å². The van der Waals surface area contributed by atoms with Crippen LogP contribution in [0.5, 0.6) is 0 Å². The Bertz CT molecular complexity index is 176. The van der Waals surface area contributed by atoms with Gasteiger partial charge in [-0.05, 0) is 26.7 Å². The second-order valence-electron chi connectivity index (χ2n) is 3.82. The Labute approximate surface area is 85.4 Å². The van der Waals surface area contributed by atoms with Crippen LogP contribution in [-0.2, 0) is 9.53 Å². The first-order valence-corrected chi connectivity index (χ1v) is 4.54. The monoisotopic (exact) mass is 207 g/mol. The predicted molar refractivity (Wildman–Crippen MR) is 53.9 cm³/mol. The van der Waals surface area contributed by atoms with Crippen molar-refractivity contribution in [1.29, 1.82) is 0 Å². The van der Waals surface area contributed by atoms with E-state index in [9.17, 15) is 4.79 Å². The lowest BCUT2D eigenvalue weighted by Crippen LogP contribution is -2.47. The molecular weight excluding hydrogens is 190 g/mol. The number of ether oxygens (including phenoxy) is 1. The van der Waals surface area contributed by atoms with Gasteiger partial charge in [0.05, 0.1) is 6.10 Å². The largest absolute Gasteiger partial charge is 0.462 e. The third-order valence-corrected chi connectivity index (χ3v) is 2.25. The average Bonchev–Trinajstić information content (AvgIpc) is 2.36. The van der Waals surface area contributed by atoms with E-state index >= 15 is 0 Å². The van der Waals surface area contributed by atoms with E-state index in [0.29, 0.717) is 0 Å². The van der Waals surface area contributed by atoms with Crippen molar-refractivity contribution < 1.29 is 9.53 Å². The quantitative estimate of drug-likeness (QED) is 0.701. The number of carbonyl (C=O) groups excluding carboxylic acids is 1. The Morgan fingerprint density at radius 2 is 1.85 bits per heavy atom. The molecule has 0 unspecified atom stereocenters. The number of hydrogen-bond donors (Lipinski definition) is 1. The average molecular weight is 208 g/mol. The van der Waals surface area contributed by atoms with Crippen LogP contribution in [0.25, 0.3) is 0 Å². The number of hydrogen-bond acceptors (Lipinski definition) is 3. The van der Waals surface area contributed by atoms with E-state index in [2.05, 4.69) is 0 Å². The molecule has 13 heavy (non-hydrogen) atoms. The third-order valence-electron chi connectivity index (χ3n) is 2.25. The van der Waals surface area contributed by atoms with Gasteiger partial charge in [0.1, 0.15) is 5.54 Å². The van der Waals surface area contributed by atoms with Crippen molar-refractivity contribution in [2.75, 3.05) is 0 Å². The molecule has 3 nitrogen and oxygen atoms in total. The fraction of sp³-hybridized carbons (Fsp3) is 0.889. The molecule has 0 spiro atoms. The van der Waals surface area contributed by atoms with Gasteiger partial charge in [-0.15, -0.1) is 12.4 Å². The molecule has 0 amide bonds. The minimum atomic E-state index is -0.676. The fourth-order valence-electron chi connectivity index (χ4n) is 1.54. The van der Waals surface area contributed by atoms with E-state index in [-0.39, 0.29) is 24.5 Å². The summed E-state index contributed by atoms with van der Waals surface area (Å²) in [6.45, 7) is 3.69. The van der Waals surface area contributed by atoms with Crippen molar-refractivity contribution in [2.45, 2.75) is 51.2 Å². The van der Waals surface area contributed by atoms with Crippen molar-refractivity contribution >= 4 is 18.4 Å². The second kappa shape index (κ2) is 4.82. The number of nitrogens with two attached hydrogens (primary N) is 1. The highest BCUT2D eigenvalue weighted by atomic mass is 35.5. The Hall–Kier alpha value is -0.280. The van der Waals surface area contributed by atoms with E-state index in [0.717, 1.165) is 25.7 Å². The molecule has 0 heterocycles. The van der Waals surface area contributed by atoms with E-state index in [4.69, 9.17) is 10.5 Å². The van der Waals surface area contributed by atoms with Crippen LogP contribution in [0.3, 0.4) is 0 Å². The highest BCUT2D eigenvalue weighted by Gasteiger charge is 2.38. The molecule has 0 aromatic carbocycles. The molecule has 0 aromatic rings. The summed E-state index contributed by atoms with van der Waals surface area (Å²) in [6, 6.07) is 0. The van der Waals surface area contributed by atoms with Gasteiger partial charge in [0.15, 0.2) is 0 Å². The molecule has 1 aliphatic carbocycles. The molecule has 0 radical (unpaired) electrons. The number of rotatable bonds is 2. The number of esters is 1. The zero-order chi connectivity index (χ0) is 9.19. The summed E-state index contributed by atoms with van der Waals surface area (Å²) in [4.78, 5) is 11.4. The predicted octanol–water partition coefficient (Wildman–Crippen LogP) is 1.63. The van der Waals surface area contributed by atoms with Gasteiger partial charge in [0.2, 0.25) is 0 Å². The zero-order valence-electron chi connectivity index (χ0n) is 8.21. The van der Waals surface area contributed by atoms with Gasteiger partial charge >= 0.3 is 5.97 Å². The number of carbonyl (C=O) groups is 1. The van der Waals surface area contributed by atoms with Crippen LogP contribution in [0.15, 0.2) is 0 Å². The Morgan fingerprint density at radius 1 is 1.38 bits per heavy atom. The summed E-state index contributed by atoms with van der Waals surface area (Å²) >= 11 is 0. The van der Waals surface area contributed by atoms with Crippen LogP contribution < -0.4 is 5.73 Å². The molecule has 0 aliphatic heterocycles. The van der Waals surface area contributed by atoms with Crippen LogP contribution in [0.4, 0.5) is 0 Å². The van der Waals surface area contributed by atoms with E-state index in [1.54, 1.807) is 0 Å². The zero-order valence-corrected chi connectivity index (χ0v) is 9.02. The minimum Gasteiger partial charge on any atom is -0.462 e. The van der Waals surface area contributed by atoms with Crippen molar-refractivity contribution in [2.24, 2.45) is 5.73 Å². The third kappa shape index (κ3) is 3.16. The molecular formula is C9H18ClNO2. The van der Waals surface area contributed by atoms with Crippen molar-refractivity contribution in [1.82, 2.24) is 0 Å². The number of halogens is 1. The molecule has 78 valence electrons. The summed E-state index contributed by atoms with van der Waals surface area (Å²) < 4.78 is 5.07. The molecule has 4 heteroatoms. The lowest BCUT2D eigenvalue weighted by Gasteiger charge is -2.22. The molecule has 0 saturated heterocycles. The summed E-state index contributed by atoms with van der Waals surface area (Å²) in [5.74, 6) is -0.227. The molecule has 1 fully saturated rings. The summed E-state index contributed by atoms with van der Waals surface area (Å²) in [5, 5.41) is 0. The van der Waals surface area contributed by atoms with Crippen LogP contribution in [-0.4, -0.2) is 17.6 Å². The first kappa shape index (κ1) is 12.7. The topological polar surface area (TPSA) is 52.3 Å². The smallest absolute Gasteiger partial charge is 0.326 e. The van der Waals surface area contributed by atoms with Gasteiger partial charge < -0.3 is 10.5 Å². The maximum absolute atomic E-state index is 11.4. The van der Waals surface area contributed by atoms with Crippen LogP contribution >= 0.6 is 12.4 Å². The molecule has 0 bridgehead atoms. The Kier molecular flexibility index (Phi) is 4.71. The van der Waals surface area contributed by atoms with E-state index in [1.165, 1.54) is 0 Å². The SMILES string of the molecule is CC(C)OC(=O)C1(N)CCCC1.Cl. The normalized spacial score (nSPS) is 19.7. The molecule has 1 saturated carbocycles. The molecule has 1 aliphatic rings. The van der Waals surface area contributed by atoms with Crippen molar-refractivity contribution in [3.8, 4) is 0 Å². The first-order valence-electron chi connectivity index (χ1n) is 4.54. The van der Waals surface area contributed by atoms with Gasteiger partial charge in [0, 0.05) is 0 Å². The summed E-state index contributed by atoms with van der Waals surface area (Å²) in [5.41, 5.74) is 5.20. The van der Waals surface area contributed by atoms with Gasteiger partial charge in [-0.2, -0.15) is 0 Å². The summed E-state index contributed by atoms with van der Waals surface area (Å²) in [7, 11) is 0. The maximum Gasteiger partial charge on any atom is 0.326 e. The van der Waals surface area contributed by atoms with E-state index in [1.807, 2.05) is 13.8 Å². The maximum atomic E-state index is 11.4. The highest BCUT2D eigenvalue weighted by molar-refractivity contribution is 5.85. The molecule has 0 aromatic heterocycles. The van der Waals surface area contributed by atoms with Gasteiger partial charge in [0.25, 0.3) is 0 Å². The van der Waals surface area contributed by atoms with Gasteiger partial charge in [-0.25, -0.2) is 0 Å². The van der Waals surface area contributed by atoms with E-state index < -0.39 is 5.54 Å². The lowest BCUT2D eigenvalue weighted by atomic mass is 10.00. The van der Waals surface area contributed by atoms with Crippen molar-refractivity contribution in [3.63, 3.8) is 0 Å². The van der Waals surface area contributed by atoms with Crippen LogP contribution in [0.1, 0.15) is 39.5 Å². The second-order valence-corrected chi connectivity index (χ2v) is 3.82. The molecule has 2 N–H and O–H groups in total. The first-order chi connectivity index (χ1) is 5.54. The highest BCUT2D eigenvalue weighted by Crippen LogP contribution is 2.28. The summed E-state index contributed by atoms with van der Waals surface area (Å²) in [6.07, 6.45) is 3.59. The lowest BCUT2D eigenvalue weighted by molar-refractivity contribution is -0.153. The molecule has 0 atom stereocenters. The minimum absolute atomic E-state index is 0.